The van der Waals surface area contributed by atoms with Gasteiger partial charge in [-0.15, -0.1) is 0 Å². The second kappa shape index (κ2) is 9.90. The van der Waals surface area contributed by atoms with Crippen LogP contribution in [0.3, 0.4) is 0 Å². The number of carbonyl (C=O) groups is 1. The van der Waals surface area contributed by atoms with Crippen LogP contribution in [0.5, 0.6) is 0 Å². The highest BCUT2D eigenvalue weighted by atomic mass is 35.5. The number of fused-ring (bicyclic) bond motifs is 1. The van der Waals surface area contributed by atoms with Gasteiger partial charge in [0.1, 0.15) is 0 Å². The number of amides is 1. The maximum absolute atomic E-state index is 14.3. The lowest BCUT2D eigenvalue weighted by Gasteiger charge is -2.29. The number of halogens is 9. The Kier molecular flexibility index (Phi) is 7.28. The van der Waals surface area contributed by atoms with Gasteiger partial charge in [0.15, 0.2) is 11.9 Å². The first-order valence-electron chi connectivity index (χ1n) is 10.7. The fourth-order valence-electron chi connectivity index (χ4n) is 3.99. The Labute approximate surface area is 219 Å². The molecule has 0 radical (unpaired) electrons. The van der Waals surface area contributed by atoms with Crippen LogP contribution < -0.4 is 5.32 Å². The molecule has 4 rings (SSSR count). The van der Waals surface area contributed by atoms with Crippen molar-refractivity contribution in [3.05, 3.63) is 81.1 Å². The zero-order valence-corrected chi connectivity index (χ0v) is 20.2. The van der Waals surface area contributed by atoms with Gasteiger partial charge in [0.25, 0.3) is 11.5 Å². The summed E-state index contributed by atoms with van der Waals surface area (Å²) in [5, 5.41) is 13.9. The van der Waals surface area contributed by atoms with E-state index in [4.69, 9.17) is 33.1 Å². The number of nitrogens with zero attached hydrogens (tertiary/aromatic N) is 1. The molecule has 0 aliphatic carbocycles. The van der Waals surface area contributed by atoms with E-state index in [0.29, 0.717) is 0 Å². The number of oxime groups is 1. The molecule has 3 aromatic carbocycles. The van der Waals surface area contributed by atoms with E-state index in [-0.39, 0.29) is 27.6 Å². The smallest absolute Gasteiger partial charge is 0.382 e. The number of hydrogen-bond acceptors (Lipinski definition) is 4. The second-order valence-corrected chi connectivity index (χ2v) is 9.17. The van der Waals surface area contributed by atoms with Crippen LogP contribution in [0.15, 0.2) is 53.7 Å². The first-order chi connectivity index (χ1) is 17.7. The zero-order chi connectivity index (χ0) is 28.0. The Hall–Kier alpha value is -3.09. The summed E-state index contributed by atoms with van der Waals surface area (Å²) in [5.74, 6) is -2.04. The number of benzene rings is 3. The molecule has 2 N–H and O–H groups in total. The van der Waals surface area contributed by atoms with Crippen molar-refractivity contribution >= 4 is 45.6 Å². The molecular weight excluding hydrogens is 568 g/mol. The minimum absolute atomic E-state index is 0.0857. The van der Waals surface area contributed by atoms with Gasteiger partial charge in [0.2, 0.25) is 0 Å². The average molecular weight is 583 g/mol. The van der Waals surface area contributed by atoms with Gasteiger partial charge in [-0.2, -0.15) is 26.3 Å². The highest BCUT2D eigenvalue weighted by Crippen LogP contribution is 2.50. The molecule has 38 heavy (non-hydrogen) atoms. The SMILES string of the molecule is O=C(NCC(O)C(F)(F)F)c1ccc(C2=NOC(c3cc(Cl)c(F)c(Cl)c3)(C(F)(F)F)C2)c2ccccc12. The maximum Gasteiger partial charge on any atom is 0.435 e. The van der Waals surface area contributed by atoms with Crippen LogP contribution in [0.25, 0.3) is 10.8 Å². The lowest BCUT2D eigenvalue weighted by atomic mass is 9.85. The number of nitrogens with one attached hydrogen (secondary N) is 1. The van der Waals surface area contributed by atoms with Crippen LogP contribution in [0.2, 0.25) is 10.0 Å². The molecule has 0 saturated carbocycles. The number of carbonyl (C=O) groups excluding carboxylic acids is 1. The van der Waals surface area contributed by atoms with Crippen molar-refractivity contribution in [2.45, 2.75) is 30.5 Å². The van der Waals surface area contributed by atoms with Crippen molar-refractivity contribution < 1.29 is 45.5 Å². The van der Waals surface area contributed by atoms with Crippen LogP contribution in [0.4, 0.5) is 30.7 Å². The Morgan fingerprint density at radius 2 is 1.66 bits per heavy atom. The third-order valence-corrected chi connectivity index (χ3v) is 6.50. The van der Waals surface area contributed by atoms with E-state index in [1.165, 1.54) is 36.4 Å². The summed E-state index contributed by atoms with van der Waals surface area (Å²) in [5.41, 5.74) is -3.73. The van der Waals surface area contributed by atoms with Crippen molar-refractivity contribution in [3.63, 3.8) is 0 Å². The van der Waals surface area contributed by atoms with Gasteiger partial charge < -0.3 is 15.3 Å². The Morgan fingerprint density at radius 3 is 2.24 bits per heavy atom. The molecule has 2 atom stereocenters. The number of rotatable bonds is 5. The molecule has 1 heterocycles. The van der Waals surface area contributed by atoms with E-state index in [9.17, 15) is 35.5 Å². The predicted molar refractivity (Wildman–Crippen MR) is 125 cm³/mol. The van der Waals surface area contributed by atoms with Crippen LogP contribution in [0, 0.1) is 5.82 Å². The molecular formula is C24H15Cl2F7N2O3. The Bertz CT molecular complexity index is 1420. The summed E-state index contributed by atoms with van der Waals surface area (Å²) in [6, 6.07) is 9.95. The van der Waals surface area contributed by atoms with Gasteiger partial charge in [0.05, 0.1) is 22.3 Å². The second-order valence-electron chi connectivity index (χ2n) is 8.36. The summed E-state index contributed by atoms with van der Waals surface area (Å²) in [6.45, 7) is -1.10. The van der Waals surface area contributed by atoms with Gasteiger partial charge in [0, 0.05) is 23.1 Å². The van der Waals surface area contributed by atoms with Gasteiger partial charge in [-0.1, -0.05) is 58.7 Å². The monoisotopic (exact) mass is 582 g/mol. The van der Waals surface area contributed by atoms with Crippen LogP contribution >= 0.6 is 23.2 Å². The van der Waals surface area contributed by atoms with Crippen molar-refractivity contribution in [2.24, 2.45) is 5.16 Å². The Balaban J connectivity index is 1.71. The van der Waals surface area contributed by atoms with E-state index >= 15 is 0 Å². The van der Waals surface area contributed by atoms with Gasteiger partial charge >= 0.3 is 12.4 Å². The quantitative estimate of drug-likeness (QED) is 0.266. The lowest BCUT2D eigenvalue weighted by molar-refractivity contribution is -0.275. The van der Waals surface area contributed by atoms with Crippen LogP contribution in [-0.2, 0) is 10.4 Å². The molecule has 0 aromatic heterocycles. The molecule has 2 unspecified atom stereocenters. The van der Waals surface area contributed by atoms with Crippen molar-refractivity contribution in [1.29, 1.82) is 0 Å². The molecule has 0 fully saturated rings. The number of hydrogen-bond donors (Lipinski definition) is 2. The van der Waals surface area contributed by atoms with Crippen molar-refractivity contribution in [3.8, 4) is 0 Å². The highest BCUT2D eigenvalue weighted by Gasteiger charge is 2.62. The molecule has 1 amide bonds. The number of alkyl halides is 6. The number of aliphatic hydroxyl groups is 1. The summed E-state index contributed by atoms with van der Waals surface area (Å²) in [4.78, 5) is 17.5. The van der Waals surface area contributed by atoms with Crippen LogP contribution in [0.1, 0.15) is 27.9 Å². The molecule has 202 valence electrons. The first kappa shape index (κ1) is 27.9. The molecule has 0 spiro atoms. The molecule has 14 heteroatoms. The van der Waals surface area contributed by atoms with E-state index in [0.717, 1.165) is 12.1 Å². The van der Waals surface area contributed by atoms with Crippen LogP contribution in [-0.4, -0.2) is 41.7 Å². The Morgan fingerprint density at radius 1 is 1.05 bits per heavy atom. The van der Waals surface area contributed by atoms with Crippen molar-refractivity contribution in [2.75, 3.05) is 6.54 Å². The predicted octanol–water partition coefficient (Wildman–Crippen LogP) is 6.52. The third kappa shape index (κ3) is 4.99. The van der Waals surface area contributed by atoms with E-state index in [2.05, 4.69) is 5.16 Å². The standard InChI is InChI=1S/C24H15Cl2F7N2O3/c25-16-7-11(8-17(26)20(16)27)22(24(31,32)33)9-18(35-38-22)14-5-6-15(13-4-2-1-3-12(13)14)21(37)34-10-19(36)23(28,29)30/h1-8,19,36H,9-10H2,(H,34,37). The molecule has 1 aliphatic rings. The summed E-state index contributed by atoms with van der Waals surface area (Å²) >= 11 is 11.4. The van der Waals surface area contributed by atoms with E-state index < -0.39 is 64.4 Å². The fraction of sp³-hybridized carbons (Fsp3) is 0.250. The summed E-state index contributed by atoms with van der Waals surface area (Å²) in [6.07, 6.45) is -13.6. The lowest BCUT2D eigenvalue weighted by Crippen LogP contribution is -2.42. The molecule has 1 aliphatic heterocycles. The van der Waals surface area contributed by atoms with Gasteiger partial charge in [-0.05, 0) is 29.0 Å². The first-order valence-corrected chi connectivity index (χ1v) is 11.4. The molecule has 5 nitrogen and oxygen atoms in total. The fourth-order valence-corrected chi connectivity index (χ4v) is 4.47. The van der Waals surface area contributed by atoms with E-state index in [1.54, 1.807) is 0 Å². The molecule has 0 saturated heterocycles. The third-order valence-electron chi connectivity index (χ3n) is 5.95. The summed E-state index contributed by atoms with van der Waals surface area (Å²) < 4.78 is 94.6. The molecule has 0 bridgehead atoms. The summed E-state index contributed by atoms with van der Waals surface area (Å²) in [7, 11) is 0. The topological polar surface area (TPSA) is 70.9 Å². The minimum atomic E-state index is -5.04. The van der Waals surface area contributed by atoms with Crippen molar-refractivity contribution in [1.82, 2.24) is 5.32 Å². The molecule has 3 aromatic rings. The normalized spacial score (nSPS) is 18.7. The average Bonchev–Trinajstić information content (AvgIpc) is 3.31. The largest absolute Gasteiger partial charge is 0.435 e. The minimum Gasteiger partial charge on any atom is -0.382 e. The highest BCUT2D eigenvalue weighted by molar-refractivity contribution is 6.35. The van der Waals surface area contributed by atoms with Gasteiger partial charge in [-0.25, -0.2) is 4.39 Å². The maximum atomic E-state index is 14.3. The van der Waals surface area contributed by atoms with Gasteiger partial charge in [-0.3, -0.25) is 4.79 Å². The number of aliphatic hydroxyl groups excluding tert-OH is 1. The zero-order valence-electron chi connectivity index (χ0n) is 18.7. The van der Waals surface area contributed by atoms with E-state index in [1.807, 2.05) is 5.32 Å².